The van der Waals surface area contributed by atoms with E-state index < -0.39 is 11.9 Å². The van der Waals surface area contributed by atoms with Gasteiger partial charge in [0, 0.05) is 24.8 Å². The van der Waals surface area contributed by atoms with Gasteiger partial charge in [0.15, 0.2) is 6.61 Å². The summed E-state index contributed by atoms with van der Waals surface area (Å²) in [5.74, 6) is -1.25. The number of carbonyl (C=O) groups is 2. The van der Waals surface area contributed by atoms with Crippen molar-refractivity contribution in [1.29, 1.82) is 0 Å². The molecular weight excluding hydrogens is 346 g/mol. The molecule has 2 N–H and O–H groups in total. The molecule has 1 fully saturated rings. The summed E-state index contributed by atoms with van der Waals surface area (Å²) in [7, 11) is 0. The molecule has 1 amide bonds. The zero-order valence-corrected chi connectivity index (χ0v) is 15.3. The Hall–Kier alpha value is -1.79. The molecular formula is C18H24ClNO5. The molecule has 2 rings (SSSR count). The highest BCUT2D eigenvalue weighted by Gasteiger charge is 2.30. The standard InChI is InChI=1S/C18H24ClNO5/c1-11-7-14(8-12(2)17(11)19)25-10-16(21)20-9-15(18(22)23)13-3-5-24-6-4-13/h7-8,13,15H,3-6,9-10H2,1-2H3,(H,20,21)(H,22,23). The van der Waals surface area contributed by atoms with E-state index in [-0.39, 0.29) is 25.0 Å². The number of aryl methyl sites for hydroxylation is 2. The third-order valence-electron chi connectivity index (χ3n) is 4.45. The largest absolute Gasteiger partial charge is 0.484 e. The number of amides is 1. The fraction of sp³-hybridized carbons (Fsp3) is 0.556. The molecule has 0 spiro atoms. The van der Waals surface area contributed by atoms with Gasteiger partial charge in [0.2, 0.25) is 0 Å². The molecule has 1 saturated heterocycles. The van der Waals surface area contributed by atoms with Gasteiger partial charge in [-0.05, 0) is 55.9 Å². The molecule has 7 heteroatoms. The van der Waals surface area contributed by atoms with E-state index in [0.29, 0.717) is 36.8 Å². The summed E-state index contributed by atoms with van der Waals surface area (Å²) in [6, 6.07) is 3.54. The predicted octanol–water partition coefficient (Wildman–Crippen LogP) is 2.58. The van der Waals surface area contributed by atoms with E-state index >= 15 is 0 Å². The number of ether oxygens (including phenoxy) is 2. The first-order chi connectivity index (χ1) is 11.9. The quantitative estimate of drug-likeness (QED) is 0.771. The van der Waals surface area contributed by atoms with Crippen LogP contribution in [0.5, 0.6) is 5.75 Å². The van der Waals surface area contributed by atoms with E-state index in [0.717, 1.165) is 11.1 Å². The topological polar surface area (TPSA) is 84.9 Å². The number of halogens is 1. The molecule has 25 heavy (non-hydrogen) atoms. The van der Waals surface area contributed by atoms with E-state index in [1.165, 1.54) is 0 Å². The van der Waals surface area contributed by atoms with Gasteiger partial charge in [-0.3, -0.25) is 9.59 Å². The molecule has 0 bridgehead atoms. The van der Waals surface area contributed by atoms with E-state index in [9.17, 15) is 14.7 Å². The molecule has 0 aromatic heterocycles. The summed E-state index contributed by atoms with van der Waals surface area (Å²) in [5.41, 5.74) is 1.75. The van der Waals surface area contributed by atoms with Crippen LogP contribution in [0.15, 0.2) is 12.1 Å². The lowest BCUT2D eigenvalue weighted by molar-refractivity contribution is -0.145. The molecule has 0 aliphatic carbocycles. The summed E-state index contributed by atoms with van der Waals surface area (Å²) in [4.78, 5) is 23.4. The van der Waals surface area contributed by atoms with Crippen LogP contribution in [0, 0.1) is 25.7 Å². The van der Waals surface area contributed by atoms with Crippen molar-refractivity contribution < 1.29 is 24.2 Å². The highest BCUT2D eigenvalue weighted by Crippen LogP contribution is 2.26. The van der Waals surface area contributed by atoms with Crippen molar-refractivity contribution in [1.82, 2.24) is 5.32 Å². The van der Waals surface area contributed by atoms with Gasteiger partial charge in [-0.15, -0.1) is 0 Å². The normalized spacial score (nSPS) is 16.3. The average Bonchev–Trinajstić information content (AvgIpc) is 2.58. The van der Waals surface area contributed by atoms with Crippen LogP contribution in [0.4, 0.5) is 0 Å². The first-order valence-corrected chi connectivity index (χ1v) is 8.73. The van der Waals surface area contributed by atoms with Gasteiger partial charge in [0.25, 0.3) is 5.91 Å². The molecule has 1 aromatic carbocycles. The number of hydrogen-bond donors (Lipinski definition) is 2. The van der Waals surface area contributed by atoms with Crippen LogP contribution in [0.1, 0.15) is 24.0 Å². The fourth-order valence-electron chi connectivity index (χ4n) is 2.99. The molecule has 138 valence electrons. The number of nitrogens with one attached hydrogen (secondary N) is 1. The first kappa shape index (κ1) is 19.5. The van der Waals surface area contributed by atoms with Crippen LogP contribution in [0.2, 0.25) is 5.02 Å². The Labute approximate surface area is 152 Å². The molecule has 1 aliphatic rings. The average molecular weight is 370 g/mol. The van der Waals surface area contributed by atoms with Gasteiger partial charge >= 0.3 is 5.97 Å². The number of hydrogen-bond acceptors (Lipinski definition) is 4. The second kappa shape index (κ2) is 9.06. The summed E-state index contributed by atoms with van der Waals surface area (Å²) < 4.78 is 10.7. The van der Waals surface area contributed by atoms with Crippen LogP contribution >= 0.6 is 11.6 Å². The lowest BCUT2D eigenvalue weighted by atomic mass is 9.86. The monoisotopic (exact) mass is 369 g/mol. The number of benzene rings is 1. The van der Waals surface area contributed by atoms with Gasteiger partial charge < -0.3 is 19.9 Å². The molecule has 1 aromatic rings. The fourth-order valence-corrected chi connectivity index (χ4v) is 3.10. The molecule has 0 saturated carbocycles. The third-order valence-corrected chi connectivity index (χ3v) is 5.05. The van der Waals surface area contributed by atoms with Crippen LogP contribution in [-0.4, -0.2) is 43.3 Å². The Kier molecular flexibility index (Phi) is 7.08. The molecule has 6 nitrogen and oxygen atoms in total. The van der Waals surface area contributed by atoms with Crippen LogP contribution in [0.3, 0.4) is 0 Å². The lowest BCUT2D eigenvalue weighted by Crippen LogP contribution is -2.40. The predicted molar refractivity (Wildman–Crippen MR) is 94.1 cm³/mol. The lowest BCUT2D eigenvalue weighted by Gasteiger charge is -2.27. The third kappa shape index (κ3) is 5.61. The molecule has 1 atom stereocenters. The second-order valence-corrected chi connectivity index (χ2v) is 6.74. The number of carboxylic acid groups (broad SMARTS) is 1. The number of carbonyl (C=O) groups excluding carboxylic acids is 1. The Balaban J connectivity index is 1.83. The molecule has 1 unspecified atom stereocenters. The summed E-state index contributed by atoms with van der Waals surface area (Å²) in [6.07, 6.45) is 1.40. The zero-order valence-electron chi connectivity index (χ0n) is 14.5. The van der Waals surface area contributed by atoms with Crippen molar-refractivity contribution in [2.75, 3.05) is 26.4 Å². The first-order valence-electron chi connectivity index (χ1n) is 8.35. The number of aliphatic carboxylic acids is 1. The number of carboxylic acids is 1. The summed E-state index contributed by atoms with van der Waals surface area (Å²) >= 11 is 6.10. The minimum Gasteiger partial charge on any atom is -0.484 e. The Morgan fingerprint density at radius 2 is 1.92 bits per heavy atom. The Bertz CT molecular complexity index is 605. The minimum absolute atomic E-state index is 0.0223. The van der Waals surface area contributed by atoms with Crippen molar-refractivity contribution in [2.45, 2.75) is 26.7 Å². The van der Waals surface area contributed by atoms with Crippen LogP contribution < -0.4 is 10.1 Å². The van der Waals surface area contributed by atoms with Crippen molar-refractivity contribution >= 4 is 23.5 Å². The Morgan fingerprint density at radius 1 is 1.32 bits per heavy atom. The SMILES string of the molecule is Cc1cc(OCC(=O)NCC(C(=O)O)C2CCOCC2)cc(C)c1Cl. The van der Waals surface area contributed by atoms with Crippen molar-refractivity contribution in [3.8, 4) is 5.75 Å². The van der Waals surface area contributed by atoms with E-state index in [1.807, 2.05) is 13.8 Å². The minimum atomic E-state index is -0.892. The van der Waals surface area contributed by atoms with Gasteiger partial charge in [-0.25, -0.2) is 0 Å². The van der Waals surface area contributed by atoms with Gasteiger partial charge in [-0.1, -0.05) is 11.6 Å². The Morgan fingerprint density at radius 3 is 2.48 bits per heavy atom. The van der Waals surface area contributed by atoms with Crippen molar-refractivity contribution in [3.05, 3.63) is 28.3 Å². The van der Waals surface area contributed by atoms with Gasteiger partial charge in [0.1, 0.15) is 5.75 Å². The highest BCUT2D eigenvalue weighted by molar-refractivity contribution is 6.32. The zero-order chi connectivity index (χ0) is 18.4. The van der Waals surface area contributed by atoms with Gasteiger partial charge in [0.05, 0.1) is 5.92 Å². The number of rotatable bonds is 7. The van der Waals surface area contributed by atoms with Crippen LogP contribution in [-0.2, 0) is 14.3 Å². The molecule has 1 aliphatic heterocycles. The maximum atomic E-state index is 12.0. The van der Waals surface area contributed by atoms with Crippen molar-refractivity contribution in [3.63, 3.8) is 0 Å². The summed E-state index contributed by atoms with van der Waals surface area (Å²) in [5, 5.41) is 12.7. The molecule has 1 heterocycles. The maximum absolute atomic E-state index is 12.0. The van der Waals surface area contributed by atoms with Gasteiger partial charge in [-0.2, -0.15) is 0 Å². The van der Waals surface area contributed by atoms with Crippen LogP contribution in [0.25, 0.3) is 0 Å². The van der Waals surface area contributed by atoms with E-state index in [2.05, 4.69) is 5.32 Å². The smallest absolute Gasteiger partial charge is 0.308 e. The summed E-state index contributed by atoms with van der Waals surface area (Å²) in [6.45, 7) is 4.81. The van der Waals surface area contributed by atoms with E-state index in [1.54, 1.807) is 12.1 Å². The maximum Gasteiger partial charge on any atom is 0.308 e. The van der Waals surface area contributed by atoms with Crippen molar-refractivity contribution in [2.24, 2.45) is 11.8 Å². The molecule has 0 radical (unpaired) electrons. The highest BCUT2D eigenvalue weighted by atomic mass is 35.5. The van der Waals surface area contributed by atoms with E-state index in [4.69, 9.17) is 21.1 Å². The second-order valence-electron chi connectivity index (χ2n) is 6.36.